The zero-order valence-corrected chi connectivity index (χ0v) is 12.0. The SMILES string of the molecule is CNc1nc(Nc2ccc(Cl)c(C)c2)cc(C(F)(F)F)n1. The Kier molecular flexibility index (Phi) is 4.22. The van der Waals surface area contributed by atoms with E-state index >= 15 is 0 Å². The molecule has 1 aromatic carbocycles. The van der Waals surface area contributed by atoms with Crippen LogP contribution >= 0.6 is 11.6 Å². The van der Waals surface area contributed by atoms with E-state index in [1.54, 1.807) is 25.1 Å². The third kappa shape index (κ3) is 3.75. The molecule has 4 nitrogen and oxygen atoms in total. The van der Waals surface area contributed by atoms with E-state index in [-0.39, 0.29) is 11.8 Å². The molecule has 1 aromatic heterocycles. The van der Waals surface area contributed by atoms with Crippen molar-refractivity contribution in [2.75, 3.05) is 17.7 Å². The van der Waals surface area contributed by atoms with Crippen LogP contribution in [0, 0.1) is 6.92 Å². The minimum absolute atomic E-state index is 0.0448. The fraction of sp³-hybridized carbons (Fsp3) is 0.231. The van der Waals surface area contributed by atoms with Crippen LogP contribution < -0.4 is 10.6 Å². The van der Waals surface area contributed by atoms with Crippen molar-refractivity contribution >= 4 is 29.1 Å². The second kappa shape index (κ2) is 5.77. The number of hydrogen-bond acceptors (Lipinski definition) is 4. The number of anilines is 3. The number of nitrogens with one attached hydrogen (secondary N) is 2. The molecule has 0 aliphatic rings. The van der Waals surface area contributed by atoms with Gasteiger partial charge in [-0.2, -0.15) is 18.2 Å². The first-order valence-electron chi connectivity index (χ1n) is 5.97. The number of hydrogen-bond donors (Lipinski definition) is 2. The third-order valence-corrected chi connectivity index (χ3v) is 3.09. The summed E-state index contributed by atoms with van der Waals surface area (Å²) in [5.74, 6) is -0.0681. The second-order valence-electron chi connectivity index (χ2n) is 4.30. The highest BCUT2D eigenvalue weighted by Crippen LogP contribution is 2.30. The summed E-state index contributed by atoms with van der Waals surface area (Å²) in [4.78, 5) is 7.33. The average Bonchev–Trinajstić information content (AvgIpc) is 2.41. The molecule has 112 valence electrons. The highest BCUT2D eigenvalue weighted by Gasteiger charge is 2.33. The molecule has 21 heavy (non-hydrogen) atoms. The summed E-state index contributed by atoms with van der Waals surface area (Å²) < 4.78 is 38.3. The average molecular weight is 317 g/mol. The van der Waals surface area contributed by atoms with Crippen LogP contribution in [-0.2, 0) is 6.18 Å². The minimum Gasteiger partial charge on any atom is -0.357 e. The van der Waals surface area contributed by atoms with Crippen LogP contribution in [0.1, 0.15) is 11.3 Å². The number of aryl methyl sites for hydroxylation is 1. The highest BCUT2D eigenvalue weighted by molar-refractivity contribution is 6.31. The van der Waals surface area contributed by atoms with Gasteiger partial charge in [-0.1, -0.05) is 11.6 Å². The van der Waals surface area contributed by atoms with Gasteiger partial charge < -0.3 is 10.6 Å². The maximum atomic E-state index is 12.8. The van der Waals surface area contributed by atoms with Gasteiger partial charge in [-0.15, -0.1) is 0 Å². The summed E-state index contributed by atoms with van der Waals surface area (Å²) in [5.41, 5.74) is 0.376. The Labute approximate surface area is 124 Å². The van der Waals surface area contributed by atoms with Crippen LogP contribution in [0.25, 0.3) is 0 Å². The van der Waals surface area contributed by atoms with Gasteiger partial charge in [0.1, 0.15) is 5.82 Å². The van der Waals surface area contributed by atoms with Gasteiger partial charge in [0, 0.05) is 23.8 Å². The summed E-state index contributed by atoms with van der Waals surface area (Å²) in [6, 6.07) is 5.88. The summed E-state index contributed by atoms with van der Waals surface area (Å²) in [6.07, 6.45) is -4.54. The molecule has 2 rings (SSSR count). The van der Waals surface area contributed by atoms with E-state index in [0.717, 1.165) is 11.6 Å². The van der Waals surface area contributed by atoms with Crippen LogP contribution in [0.5, 0.6) is 0 Å². The van der Waals surface area contributed by atoms with Crippen molar-refractivity contribution in [2.45, 2.75) is 13.1 Å². The minimum atomic E-state index is -4.54. The Bertz CT molecular complexity index is 658. The number of aromatic nitrogens is 2. The van der Waals surface area contributed by atoms with Gasteiger partial charge in [0.15, 0.2) is 5.69 Å². The Morgan fingerprint density at radius 2 is 1.86 bits per heavy atom. The van der Waals surface area contributed by atoms with E-state index < -0.39 is 11.9 Å². The van der Waals surface area contributed by atoms with Crippen molar-refractivity contribution in [1.82, 2.24) is 9.97 Å². The summed E-state index contributed by atoms with van der Waals surface area (Å²) in [7, 11) is 1.45. The lowest BCUT2D eigenvalue weighted by Crippen LogP contribution is -2.12. The maximum absolute atomic E-state index is 12.8. The van der Waals surface area contributed by atoms with E-state index in [1.807, 2.05) is 0 Å². The van der Waals surface area contributed by atoms with Crippen molar-refractivity contribution < 1.29 is 13.2 Å². The fourth-order valence-electron chi connectivity index (χ4n) is 1.64. The molecule has 0 fully saturated rings. The van der Waals surface area contributed by atoms with E-state index in [0.29, 0.717) is 10.7 Å². The molecule has 0 atom stereocenters. The molecule has 1 heterocycles. The van der Waals surface area contributed by atoms with Crippen LogP contribution in [-0.4, -0.2) is 17.0 Å². The van der Waals surface area contributed by atoms with Crippen LogP contribution in [0.3, 0.4) is 0 Å². The molecule has 0 aliphatic heterocycles. The van der Waals surface area contributed by atoms with E-state index in [1.165, 1.54) is 7.05 Å². The predicted octanol–water partition coefficient (Wildman–Crippen LogP) is 4.24. The topological polar surface area (TPSA) is 49.8 Å². The summed E-state index contributed by atoms with van der Waals surface area (Å²) in [6.45, 7) is 1.80. The van der Waals surface area contributed by atoms with Gasteiger partial charge in [-0.25, -0.2) is 4.98 Å². The zero-order chi connectivity index (χ0) is 15.6. The molecule has 2 N–H and O–H groups in total. The Balaban J connectivity index is 2.36. The molecule has 0 amide bonds. The standard InChI is InChI=1S/C13H12ClF3N4/c1-7-5-8(3-4-9(7)14)19-11-6-10(13(15,16)17)20-12(18-2)21-11/h3-6H,1-2H3,(H2,18,19,20,21). The molecule has 0 unspecified atom stereocenters. The van der Waals surface area contributed by atoms with Crippen LogP contribution in [0.4, 0.5) is 30.6 Å². The van der Waals surface area contributed by atoms with Crippen LogP contribution in [0.2, 0.25) is 5.02 Å². The van der Waals surface area contributed by atoms with Crippen molar-refractivity contribution in [3.8, 4) is 0 Å². The molecule has 0 saturated carbocycles. The Morgan fingerprint density at radius 1 is 1.14 bits per heavy atom. The number of alkyl halides is 3. The molecule has 2 aromatic rings. The van der Waals surface area contributed by atoms with Crippen molar-refractivity contribution in [3.05, 3.63) is 40.5 Å². The lowest BCUT2D eigenvalue weighted by atomic mass is 10.2. The van der Waals surface area contributed by atoms with E-state index in [2.05, 4.69) is 20.6 Å². The number of nitrogens with zero attached hydrogens (tertiary/aromatic N) is 2. The first-order chi connectivity index (χ1) is 9.79. The van der Waals surface area contributed by atoms with Crippen molar-refractivity contribution in [2.24, 2.45) is 0 Å². The van der Waals surface area contributed by atoms with Crippen molar-refractivity contribution in [3.63, 3.8) is 0 Å². The van der Waals surface area contributed by atoms with Crippen molar-refractivity contribution in [1.29, 1.82) is 0 Å². The second-order valence-corrected chi connectivity index (χ2v) is 4.71. The quantitative estimate of drug-likeness (QED) is 0.889. The van der Waals surface area contributed by atoms with E-state index in [9.17, 15) is 13.2 Å². The number of benzene rings is 1. The van der Waals surface area contributed by atoms with Gasteiger partial charge in [0.25, 0.3) is 0 Å². The molecular formula is C13H12ClF3N4. The number of halogens is 4. The fourth-order valence-corrected chi connectivity index (χ4v) is 1.76. The molecule has 0 aliphatic carbocycles. The summed E-state index contributed by atoms with van der Waals surface area (Å²) in [5, 5.41) is 5.89. The van der Waals surface area contributed by atoms with E-state index in [4.69, 9.17) is 11.6 Å². The molecular weight excluding hydrogens is 305 g/mol. The predicted molar refractivity (Wildman–Crippen MR) is 76.1 cm³/mol. The first kappa shape index (κ1) is 15.4. The lowest BCUT2D eigenvalue weighted by Gasteiger charge is -2.12. The normalized spacial score (nSPS) is 11.3. The third-order valence-electron chi connectivity index (χ3n) is 2.67. The van der Waals surface area contributed by atoms with Crippen LogP contribution in [0.15, 0.2) is 24.3 Å². The lowest BCUT2D eigenvalue weighted by molar-refractivity contribution is -0.141. The smallest absolute Gasteiger partial charge is 0.357 e. The number of rotatable bonds is 3. The van der Waals surface area contributed by atoms with Gasteiger partial charge in [-0.3, -0.25) is 0 Å². The molecule has 0 spiro atoms. The molecule has 0 bridgehead atoms. The van der Waals surface area contributed by atoms with Gasteiger partial charge in [-0.05, 0) is 30.7 Å². The maximum Gasteiger partial charge on any atom is 0.433 e. The Hall–Kier alpha value is -2.02. The van der Waals surface area contributed by atoms with Gasteiger partial charge in [0.2, 0.25) is 5.95 Å². The highest BCUT2D eigenvalue weighted by atomic mass is 35.5. The summed E-state index contributed by atoms with van der Waals surface area (Å²) >= 11 is 5.90. The zero-order valence-electron chi connectivity index (χ0n) is 11.2. The largest absolute Gasteiger partial charge is 0.433 e. The monoisotopic (exact) mass is 316 g/mol. The first-order valence-corrected chi connectivity index (χ1v) is 6.34. The van der Waals surface area contributed by atoms with Gasteiger partial charge in [0.05, 0.1) is 0 Å². The molecule has 8 heteroatoms. The molecule has 0 saturated heterocycles. The molecule has 0 radical (unpaired) electrons. The Morgan fingerprint density at radius 3 is 2.43 bits per heavy atom. The van der Waals surface area contributed by atoms with Gasteiger partial charge >= 0.3 is 6.18 Å².